The summed E-state index contributed by atoms with van der Waals surface area (Å²) in [5.74, 6) is 0. The van der Waals surface area contributed by atoms with E-state index in [1.165, 1.54) is 0 Å². The third kappa shape index (κ3) is 3.57. The van der Waals surface area contributed by atoms with Crippen LogP contribution in [0.1, 0.15) is 12.5 Å². The van der Waals surface area contributed by atoms with Crippen LogP contribution in [0, 0.1) is 0 Å². The summed E-state index contributed by atoms with van der Waals surface area (Å²) in [6.45, 7) is 2.21. The topological polar surface area (TPSA) is 52.5 Å². The molecule has 0 aliphatic carbocycles. The number of hydrogen-bond acceptors (Lipinski definition) is 3. The molecule has 1 aromatic carbocycles. The Morgan fingerprint density at radius 3 is 2.40 bits per heavy atom. The van der Waals surface area contributed by atoms with Gasteiger partial charge < -0.3 is 15.5 Å². The van der Waals surface area contributed by atoms with Crippen molar-refractivity contribution < 1.29 is 10.2 Å². The summed E-state index contributed by atoms with van der Waals surface area (Å²) in [5, 5.41) is 21.3. The third-order valence-electron chi connectivity index (χ3n) is 2.36. The van der Waals surface area contributed by atoms with Crippen molar-refractivity contribution in [2.75, 3.05) is 13.2 Å². The zero-order valence-electron chi connectivity index (χ0n) is 8.70. The average molecular weight is 274 g/mol. The lowest BCUT2D eigenvalue weighted by molar-refractivity contribution is 0.103. The fourth-order valence-electron chi connectivity index (χ4n) is 1.11. The van der Waals surface area contributed by atoms with E-state index in [0.717, 1.165) is 10.0 Å². The third-order valence-corrected chi connectivity index (χ3v) is 3.14. The highest BCUT2D eigenvalue weighted by atomic mass is 79.9. The number of aliphatic hydroxyl groups is 2. The van der Waals surface area contributed by atoms with Crippen LogP contribution in [0.25, 0.3) is 0 Å². The first kappa shape index (κ1) is 12.6. The molecular weight excluding hydrogens is 258 g/mol. The van der Waals surface area contributed by atoms with Crippen LogP contribution in [0.2, 0.25) is 0 Å². The summed E-state index contributed by atoms with van der Waals surface area (Å²) in [5.41, 5.74) is 0.473. The normalized spacial score (nSPS) is 11.7. The van der Waals surface area contributed by atoms with E-state index in [0.29, 0.717) is 6.54 Å². The summed E-state index contributed by atoms with van der Waals surface area (Å²) in [6.07, 6.45) is 0. The van der Waals surface area contributed by atoms with E-state index >= 15 is 0 Å². The number of nitrogens with one attached hydrogen (secondary N) is 1. The molecule has 0 atom stereocenters. The van der Waals surface area contributed by atoms with Crippen molar-refractivity contribution in [3.8, 4) is 0 Å². The average Bonchev–Trinajstić information content (AvgIpc) is 2.28. The fraction of sp³-hybridized carbons (Fsp3) is 0.455. The number of aliphatic hydroxyl groups excluding tert-OH is 2. The van der Waals surface area contributed by atoms with Crippen LogP contribution in [0.4, 0.5) is 0 Å². The number of halogens is 1. The molecule has 0 unspecified atom stereocenters. The van der Waals surface area contributed by atoms with Gasteiger partial charge in [0.05, 0.1) is 18.8 Å². The van der Waals surface area contributed by atoms with Gasteiger partial charge in [-0.25, -0.2) is 0 Å². The molecule has 0 aliphatic heterocycles. The number of benzene rings is 1. The minimum absolute atomic E-state index is 0.0893. The van der Waals surface area contributed by atoms with Gasteiger partial charge in [0.2, 0.25) is 0 Å². The molecule has 0 aliphatic rings. The van der Waals surface area contributed by atoms with Gasteiger partial charge in [0.15, 0.2) is 0 Å². The largest absolute Gasteiger partial charge is 0.394 e. The van der Waals surface area contributed by atoms with Crippen molar-refractivity contribution in [3.63, 3.8) is 0 Å². The Labute approximate surface area is 98.3 Å². The maximum absolute atomic E-state index is 9.10. The lowest BCUT2D eigenvalue weighted by Crippen LogP contribution is -2.48. The van der Waals surface area contributed by atoms with Crippen LogP contribution in [-0.2, 0) is 6.54 Å². The standard InChI is InChI=1S/C11H16BrNO2/c1-11(7-14,8-15)13-6-9-4-2-3-5-10(9)12/h2-5,13-15H,6-8H2,1H3. The van der Waals surface area contributed by atoms with Crippen molar-refractivity contribution in [2.24, 2.45) is 0 Å². The summed E-state index contributed by atoms with van der Waals surface area (Å²) < 4.78 is 1.02. The molecule has 0 aromatic heterocycles. The molecule has 3 N–H and O–H groups in total. The molecule has 0 radical (unpaired) electrons. The molecule has 0 fully saturated rings. The van der Waals surface area contributed by atoms with Crippen molar-refractivity contribution in [3.05, 3.63) is 34.3 Å². The highest BCUT2D eigenvalue weighted by Gasteiger charge is 2.21. The molecule has 3 nitrogen and oxygen atoms in total. The van der Waals surface area contributed by atoms with Crippen LogP contribution in [-0.4, -0.2) is 29.0 Å². The van der Waals surface area contributed by atoms with E-state index in [4.69, 9.17) is 10.2 Å². The smallest absolute Gasteiger partial charge is 0.0633 e. The molecular formula is C11H16BrNO2. The van der Waals surface area contributed by atoms with Gasteiger partial charge in [-0.15, -0.1) is 0 Å². The molecule has 0 heterocycles. The Balaban J connectivity index is 2.61. The van der Waals surface area contributed by atoms with E-state index in [2.05, 4.69) is 21.2 Å². The van der Waals surface area contributed by atoms with Gasteiger partial charge in [0.1, 0.15) is 0 Å². The summed E-state index contributed by atoms with van der Waals surface area (Å²) in [6, 6.07) is 7.86. The Morgan fingerprint density at radius 2 is 1.87 bits per heavy atom. The predicted octanol–water partition coefficient (Wildman–Crippen LogP) is 1.28. The second-order valence-corrected chi connectivity index (χ2v) is 4.68. The molecule has 15 heavy (non-hydrogen) atoms. The van der Waals surface area contributed by atoms with Gasteiger partial charge in [0, 0.05) is 11.0 Å². The summed E-state index contributed by atoms with van der Waals surface area (Å²) in [7, 11) is 0. The van der Waals surface area contributed by atoms with Crippen molar-refractivity contribution >= 4 is 15.9 Å². The Hall–Kier alpha value is -0.420. The molecule has 0 bridgehead atoms. The van der Waals surface area contributed by atoms with Crippen LogP contribution in [0.5, 0.6) is 0 Å². The first-order valence-electron chi connectivity index (χ1n) is 4.81. The van der Waals surface area contributed by atoms with E-state index in [1.807, 2.05) is 24.3 Å². The predicted molar refractivity (Wildman–Crippen MR) is 63.6 cm³/mol. The highest BCUT2D eigenvalue weighted by Crippen LogP contribution is 2.16. The van der Waals surface area contributed by atoms with Crippen molar-refractivity contribution in [1.82, 2.24) is 5.32 Å². The molecule has 0 amide bonds. The number of rotatable bonds is 5. The number of hydrogen-bond donors (Lipinski definition) is 3. The van der Waals surface area contributed by atoms with E-state index in [1.54, 1.807) is 6.92 Å². The lowest BCUT2D eigenvalue weighted by atomic mass is 10.0. The van der Waals surface area contributed by atoms with Crippen LogP contribution >= 0.6 is 15.9 Å². The summed E-state index contributed by atoms with van der Waals surface area (Å²) >= 11 is 3.44. The van der Waals surface area contributed by atoms with Crippen molar-refractivity contribution in [1.29, 1.82) is 0 Å². The minimum atomic E-state index is -0.630. The van der Waals surface area contributed by atoms with Gasteiger partial charge in [-0.2, -0.15) is 0 Å². The maximum atomic E-state index is 9.10. The zero-order chi connectivity index (χ0) is 11.3. The molecule has 0 saturated heterocycles. The van der Waals surface area contributed by atoms with E-state index < -0.39 is 5.54 Å². The Morgan fingerprint density at radius 1 is 1.27 bits per heavy atom. The fourth-order valence-corrected chi connectivity index (χ4v) is 1.54. The van der Waals surface area contributed by atoms with E-state index in [9.17, 15) is 0 Å². The van der Waals surface area contributed by atoms with Crippen molar-refractivity contribution in [2.45, 2.75) is 19.0 Å². The molecule has 0 saturated carbocycles. The second-order valence-electron chi connectivity index (χ2n) is 3.82. The summed E-state index contributed by atoms with van der Waals surface area (Å²) in [4.78, 5) is 0. The first-order chi connectivity index (χ1) is 7.11. The highest BCUT2D eigenvalue weighted by molar-refractivity contribution is 9.10. The maximum Gasteiger partial charge on any atom is 0.0633 e. The second kappa shape index (κ2) is 5.61. The van der Waals surface area contributed by atoms with E-state index in [-0.39, 0.29) is 13.2 Å². The van der Waals surface area contributed by atoms with Gasteiger partial charge in [0.25, 0.3) is 0 Å². The van der Waals surface area contributed by atoms with Gasteiger partial charge in [-0.1, -0.05) is 34.1 Å². The SMILES string of the molecule is CC(CO)(CO)NCc1ccccc1Br. The van der Waals surface area contributed by atoms with Crippen LogP contribution in [0.15, 0.2) is 28.7 Å². The van der Waals surface area contributed by atoms with Gasteiger partial charge in [-0.05, 0) is 18.6 Å². The monoisotopic (exact) mass is 273 g/mol. The van der Waals surface area contributed by atoms with Crippen LogP contribution < -0.4 is 5.32 Å². The molecule has 0 spiro atoms. The molecule has 1 aromatic rings. The van der Waals surface area contributed by atoms with Crippen LogP contribution in [0.3, 0.4) is 0 Å². The Bertz CT molecular complexity index is 313. The van der Waals surface area contributed by atoms with Gasteiger partial charge in [-0.3, -0.25) is 0 Å². The minimum Gasteiger partial charge on any atom is -0.394 e. The van der Waals surface area contributed by atoms with Gasteiger partial charge >= 0.3 is 0 Å². The Kier molecular flexibility index (Phi) is 4.73. The first-order valence-corrected chi connectivity index (χ1v) is 5.61. The zero-order valence-corrected chi connectivity index (χ0v) is 10.3. The quantitative estimate of drug-likeness (QED) is 0.758. The molecule has 1 rings (SSSR count). The molecule has 4 heteroatoms. The lowest BCUT2D eigenvalue weighted by Gasteiger charge is -2.26. The molecule has 84 valence electrons.